The lowest BCUT2D eigenvalue weighted by Crippen LogP contribution is -2.35. The third kappa shape index (κ3) is 5.82. The summed E-state index contributed by atoms with van der Waals surface area (Å²) >= 11 is 0. The molecule has 0 saturated carbocycles. The summed E-state index contributed by atoms with van der Waals surface area (Å²) in [7, 11) is -3.42. The van der Waals surface area contributed by atoms with Crippen LogP contribution in [0.1, 0.15) is 21.5 Å². The molecule has 1 aliphatic rings. The van der Waals surface area contributed by atoms with Crippen molar-refractivity contribution in [1.82, 2.24) is 4.90 Å². The molecule has 166 valence electrons. The molecule has 0 unspecified atom stereocenters. The van der Waals surface area contributed by atoms with E-state index in [9.17, 15) is 13.2 Å². The number of nitrogens with zero attached hydrogens (tertiary/aromatic N) is 1. The second-order valence-electron chi connectivity index (χ2n) is 7.81. The lowest BCUT2D eigenvalue weighted by atomic mass is 10.1. The van der Waals surface area contributed by atoms with Crippen LogP contribution in [0.3, 0.4) is 0 Å². The molecule has 6 nitrogen and oxygen atoms in total. The number of hydrogen-bond donors (Lipinski definition) is 1. The molecule has 0 spiro atoms. The molecule has 32 heavy (non-hydrogen) atoms. The lowest BCUT2D eigenvalue weighted by molar-refractivity contribution is 0.0342. The molecule has 0 aliphatic carbocycles. The smallest absolute Gasteiger partial charge is 0.255 e. The average Bonchev–Trinajstić information content (AvgIpc) is 2.81. The van der Waals surface area contributed by atoms with E-state index in [1.165, 1.54) is 0 Å². The molecule has 1 aliphatic heterocycles. The molecular weight excluding hydrogens is 424 g/mol. The molecule has 0 radical (unpaired) electrons. The van der Waals surface area contributed by atoms with Crippen molar-refractivity contribution in [2.24, 2.45) is 0 Å². The molecule has 0 aromatic heterocycles. The molecule has 1 fully saturated rings. The fraction of sp³-hybridized carbons (Fsp3) is 0.240. The maximum absolute atomic E-state index is 12.7. The Kier molecular flexibility index (Phi) is 6.99. The molecule has 1 saturated heterocycles. The van der Waals surface area contributed by atoms with Crippen LogP contribution in [0, 0.1) is 0 Å². The van der Waals surface area contributed by atoms with Crippen molar-refractivity contribution in [3.05, 3.63) is 95.6 Å². The van der Waals surface area contributed by atoms with Crippen LogP contribution in [-0.4, -0.2) is 45.5 Å². The number of ether oxygens (including phenoxy) is 1. The van der Waals surface area contributed by atoms with E-state index >= 15 is 0 Å². The Morgan fingerprint density at radius 2 is 1.59 bits per heavy atom. The Labute approximate surface area is 188 Å². The van der Waals surface area contributed by atoms with Crippen molar-refractivity contribution < 1.29 is 17.9 Å². The summed E-state index contributed by atoms with van der Waals surface area (Å²) in [6, 6.07) is 22.9. The lowest BCUT2D eigenvalue weighted by Gasteiger charge is -2.26. The highest BCUT2D eigenvalue weighted by Gasteiger charge is 2.16. The van der Waals surface area contributed by atoms with Crippen LogP contribution in [0.15, 0.2) is 83.8 Å². The van der Waals surface area contributed by atoms with Gasteiger partial charge in [0.15, 0.2) is 9.84 Å². The van der Waals surface area contributed by atoms with Crippen LogP contribution >= 0.6 is 0 Å². The van der Waals surface area contributed by atoms with Gasteiger partial charge in [-0.1, -0.05) is 42.5 Å². The van der Waals surface area contributed by atoms with Crippen LogP contribution in [0.25, 0.3) is 0 Å². The van der Waals surface area contributed by atoms with Crippen LogP contribution in [0.5, 0.6) is 0 Å². The number of morpholine rings is 1. The summed E-state index contributed by atoms with van der Waals surface area (Å²) in [6.07, 6.45) is 0. The number of benzene rings is 3. The highest BCUT2D eigenvalue weighted by Crippen LogP contribution is 2.18. The predicted octanol–water partition coefficient (Wildman–Crippen LogP) is 3.75. The number of nitrogens with one attached hydrogen (secondary N) is 1. The third-order valence-corrected chi connectivity index (χ3v) is 7.07. The average molecular weight is 451 g/mol. The Balaban J connectivity index is 1.38. The number of anilines is 1. The van der Waals surface area contributed by atoms with E-state index < -0.39 is 9.84 Å². The molecule has 0 bridgehead atoms. The topological polar surface area (TPSA) is 75.7 Å². The largest absolute Gasteiger partial charge is 0.379 e. The minimum absolute atomic E-state index is 0.109. The van der Waals surface area contributed by atoms with E-state index in [1.807, 2.05) is 24.3 Å². The molecule has 1 amide bonds. The van der Waals surface area contributed by atoms with Gasteiger partial charge in [0.2, 0.25) is 0 Å². The van der Waals surface area contributed by atoms with E-state index in [0.29, 0.717) is 16.0 Å². The zero-order valence-electron chi connectivity index (χ0n) is 17.7. The van der Waals surface area contributed by atoms with E-state index in [2.05, 4.69) is 10.2 Å². The first kappa shape index (κ1) is 22.2. The number of carbonyl (C=O) groups excluding carboxylic acids is 1. The van der Waals surface area contributed by atoms with Gasteiger partial charge in [-0.2, -0.15) is 0 Å². The zero-order chi connectivity index (χ0) is 22.4. The van der Waals surface area contributed by atoms with Crippen LogP contribution in [0.2, 0.25) is 0 Å². The summed E-state index contributed by atoms with van der Waals surface area (Å²) < 4.78 is 30.5. The normalized spacial score (nSPS) is 14.8. The zero-order valence-corrected chi connectivity index (χ0v) is 18.6. The van der Waals surface area contributed by atoms with Gasteiger partial charge in [0, 0.05) is 30.9 Å². The maximum atomic E-state index is 12.7. The second kappa shape index (κ2) is 10.1. The minimum atomic E-state index is -3.42. The van der Waals surface area contributed by atoms with Crippen molar-refractivity contribution >= 4 is 21.4 Å². The van der Waals surface area contributed by atoms with Crippen LogP contribution in [0.4, 0.5) is 5.69 Å². The number of amides is 1. The van der Waals surface area contributed by atoms with Gasteiger partial charge in [-0.25, -0.2) is 8.42 Å². The van der Waals surface area contributed by atoms with Crippen molar-refractivity contribution in [1.29, 1.82) is 0 Å². The van der Waals surface area contributed by atoms with Gasteiger partial charge in [0.1, 0.15) is 0 Å². The van der Waals surface area contributed by atoms with Crippen LogP contribution < -0.4 is 5.32 Å². The van der Waals surface area contributed by atoms with E-state index in [4.69, 9.17) is 4.74 Å². The van der Waals surface area contributed by atoms with Crippen LogP contribution in [-0.2, 0) is 26.9 Å². The molecule has 4 rings (SSSR count). The standard InChI is InChI=1S/C25H26N2O4S/c28-25(26-23-6-4-5-21(17-23)18-27-13-15-31-16-14-27)22-11-9-20(10-12-22)19-32(29,30)24-7-2-1-3-8-24/h1-12,17H,13-16,18-19H2,(H,26,28). The first-order chi connectivity index (χ1) is 15.5. The third-order valence-electron chi connectivity index (χ3n) is 5.37. The number of rotatable bonds is 7. The first-order valence-corrected chi connectivity index (χ1v) is 12.2. The molecule has 0 atom stereocenters. The van der Waals surface area contributed by atoms with Crippen molar-refractivity contribution in [3.63, 3.8) is 0 Å². The van der Waals surface area contributed by atoms with Crippen molar-refractivity contribution in [2.45, 2.75) is 17.2 Å². The summed E-state index contributed by atoms with van der Waals surface area (Å²) in [5.74, 6) is -0.339. The molecule has 3 aromatic rings. The Bertz CT molecular complexity index is 1160. The number of sulfone groups is 1. The molecule has 1 N–H and O–H groups in total. The van der Waals surface area contributed by atoms with Gasteiger partial charge in [0.25, 0.3) is 5.91 Å². The van der Waals surface area contributed by atoms with Crippen molar-refractivity contribution in [3.8, 4) is 0 Å². The van der Waals surface area contributed by atoms with Gasteiger partial charge in [-0.3, -0.25) is 9.69 Å². The summed E-state index contributed by atoms with van der Waals surface area (Å²) in [5, 5.41) is 2.93. The highest BCUT2D eigenvalue weighted by molar-refractivity contribution is 7.90. The minimum Gasteiger partial charge on any atom is -0.379 e. The predicted molar refractivity (Wildman–Crippen MR) is 124 cm³/mol. The molecule has 1 heterocycles. The summed E-state index contributed by atoms with van der Waals surface area (Å²) in [6.45, 7) is 4.13. The maximum Gasteiger partial charge on any atom is 0.255 e. The van der Waals surface area contributed by atoms with E-state index in [0.717, 1.165) is 44.1 Å². The molecule has 7 heteroatoms. The monoisotopic (exact) mass is 450 g/mol. The number of hydrogen-bond acceptors (Lipinski definition) is 5. The summed E-state index contributed by atoms with van der Waals surface area (Å²) in [5.41, 5.74) is 2.98. The second-order valence-corrected chi connectivity index (χ2v) is 9.80. The fourth-order valence-corrected chi connectivity index (χ4v) is 5.02. The van der Waals surface area contributed by atoms with E-state index in [1.54, 1.807) is 54.6 Å². The van der Waals surface area contributed by atoms with E-state index in [-0.39, 0.29) is 11.7 Å². The number of carbonyl (C=O) groups is 1. The Morgan fingerprint density at radius 1 is 0.875 bits per heavy atom. The molecular formula is C25H26N2O4S. The quantitative estimate of drug-likeness (QED) is 0.593. The van der Waals surface area contributed by atoms with Gasteiger partial charge >= 0.3 is 0 Å². The Hall–Kier alpha value is -3.00. The van der Waals surface area contributed by atoms with Gasteiger partial charge in [-0.15, -0.1) is 0 Å². The summed E-state index contributed by atoms with van der Waals surface area (Å²) in [4.78, 5) is 15.3. The first-order valence-electron chi connectivity index (χ1n) is 10.6. The fourth-order valence-electron chi connectivity index (χ4n) is 3.65. The van der Waals surface area contributed by atoms with Gasteiger partial charge < -0.3 is 10.1 Å². The SMILES string of the molecule is O=C(Nc1cccc(CN2CCOCC2)c1)c1ccc(CS(=O)(=O)c2ccccc2)cc1. The molecule has 3 aromatic carbocycles. The van der Waals surface area contributed by atoms with Crippen molar-refractivity contribution in [2.75, 3.05) is 31.6 Å². The Morgan fingerprint density at radius 3 is 2.31 bits per heavy atom. The highest BCUT2D eigenvalue weighted by atomic mass is 32.2. The van der Waals surface area contributed by atoms with Gasteiger partial charge in [0.05, 0.1) is 23.9 Å². The van der Waals surface area contributed by atoms with Gasteiger partial charge in [-0.05, 0) is 47.5 Å².